The fourth-order valence-electron chi connectivity index (χ4n) is 2.93. The van der Waals surface area contributed by atoms with Crippen LogP contribution in [-0.2, 0) is 6.54 Å². The minimum Gasteiger partial charge on any atom is -0.477 e. The highest BCUT2D eigenvalue weighted by molar-refractivity contribution is 6.10. The van der Waals surface area contributed by atoms with Crippen LogP contribution in [-0.4, -0.2) is 20.6 Å². The fourth-order valence-corrected chi connectivity index (χ4v) is 2.93. The van der Waals surface area contributed by atoms with E-state index in [2.05, 4.69) is 22.5 Å². The SMILES string of the molecule is CCCCn1c2ccccc2c2cc(C(=O)O)nc(C)c21. The van der Waals surface area contributed by atoms with Crippen LogP contribution in [0.15, 0.2) is 30.3 Å². The Bertz CT molecular complexity index is 834. The Hall–Kier alpha value is -2.36. The molecule has 2 heterocycles. The van der Waals surface area contributed by atoms with Gasteiger partial charge >= 0.3 is 5.97 Å². The highest BCUT2D eigenvalue weighted by atomic mass is 16.4. The molecule has 1 aromatic carbocycles. The van der Waals surface area contributed by atoms with Gasteiger partial charge in [-0.1, -0.05) is 31.5 Å². The van der Waals surface area contributed by atoms with Crippen molar-refractivity contribution < 1.29 is 9.90 Å². The van der Waals surface area contributed by atoms with Crippen molar-refractivity contribution in [2.45, 2.75) is 33.2 Å². The van der Waals surface area contributed by atoms with E-state index in [-0.39, 0.29) is 5.69 Å². The van der Waals surface area contributed by atoms with E-state index in [4.69, 9.17) is 0 Å². The number of hydrogen-bond acceptors (Lipinski definition) is 2. The molecule has 0 aliphatic carbocycles. The summed E-state index contributed by atoms with van der Waals surface area (Å²) < 4.78 is 2.27. The Labute approximate surface area is 123 Å². The monoisotopic (exact) mass is 282 g/mol. The summed E-state index contributed by atoms with van der Waals surface area (Å²) in [7, 11) is 0. The summed E-state index contributed by atoms with van der Waals surface area (Å²) >= 11 is 0. The van der Waals surface area contributed by atoms with Crippen LogP contribution in [0, 0.1) is 6.92 Å². The molecule has 4 nitrogen and oxygen atoms in total. The third-order valence-electron chi connectivity index (χ3n) is 3.88. The summed E-state index contributed by atoms with van der Waals surface area (Å²) in [6.07, 6.45) is 2.21. The summed E-state index contributed by atoms with van der Waals surface area (Å²) in [4.78, 5) is 15.5. The lowest BCUT2D eigenvalue weighted by atomic mass is 10.1. The minimum atomic E-state index is -0.981. The van der Waals surface area contributed by atoms with Gasteiger partial charge in [-0.15, -0.1) is 0 Å². The predicted octanol–water partition coefficient (Wildman–Crippen LogP) is 4.00. The van der Waals surface area contributed by atoms with Crippen LogP contribution >= 0.6 is 0 Å². The predicted molar refractivity (Wildman–Crippen MR) is 83.8 cm³/mol. The summed E-state index contributed by atoms with van der Waals surface area (Å²) in [6.45, 7) is 4.98. The van der Waals surface area contributed by atoms with Gasteiger partial charge in [-0.3, -0.25) is 0 Å². The lowest BCUT2D eigenvalue weighted by molar-refractivity contribution is 0.0690. The van der Waals surface area contributed by atoms with Crippen LogP contribution < -0.4 is 0 Å². The molecule has 0 unspecified atom stereocenters. The second-order valence-electron chi connectivity index (χ2n) is 5.32. The maximum absolute atomic E-state index is 11.2. The summed E-state index contributed by atoms with van der Waals surface area (Å²) in [5.74, 6) is -0.981. The number of carbonyl (C=O) groups is 1. The lowest BCUT2D eigenvalue weighted by Crippen LogP contribution is -2.04. The van der Waals surface area contributed by atoms with Crippen LogP contribution in [0.2, 0.25) is 0 Å². The number of nitrogens with zero attached hydrogens (tertiary/aromatic N) is 2. The molecule has 1 N–H and O–H groups in total. The third-order valence-corrected chi connectivity index (χ3v) is 3.88. The summed E-state index contributed by atoms with van der Waals surface area (Å²) in [5, 5.41) is 11.3. The van der Waals surface area contributed by atoms with Crippen LogP contribution in [0.1, 0.15) is 35.9 Å². The molecule has 2 aromatic heterocycles. The first-order valence-electron chi connectivity index (χ1n) is 7.25. The van der Waals surface area contributed by atoms with Crippen molar-refractivity contribution in [1.82, 2.24) is 9.55 Å². The molecule has 0 saturated heterocycles. The molecular formula is C17H18N2O2. The van der Waals surface area contributed by atoms with Gasteiger partial charge in [0.15, 0.2) is 0 Å². The average molecular weight is 282 g/mol. The number of pyridine rings is 1. The number of hydrogen-bond donors (Lipinski definition) is 1. The first kappa shape index (κ1) is 13.6. The first-order chi connectivity index (χ1) is 10.1. The number of carboxylic acids is 1. The van der Waals surface area contributed by atoms with Crippen LogP contribution in [0.4, 0.5) is 0 Å². The zero-order valence-corrected chi connectivity index (χ0v) is 12.3. The normalized spacial score (nSPS) is 11.3. The van der Waals surface area contributed by atoms with Crippen LogP contribution in [0.25, 0.3) is 21.8 Å². The fraction of sp³-hybridized carbons (Fsp3) is 0.294. The molecule has 108 valence electrons. The number of para-hydroxylation sites is 1. The van der Waals surface area contributed by atoms with Crippen LogP contribution in [0.5, 0.6) is 0 Å². The van der Waals surface area contributed by atoms with Crippen molar-refractivity contribution in [1.29, 1.82) is 0 Å². The molecule has 0 amide bonds. The zero-order chi connectivity index (χ0) is 15.0. The van der Waals surface area contributed by atoms with Crippen molar-refractivity contribution in [3.8, 4) is 0 Å². The Balaban J connectivity index is 2.39. The van der Waals surface area contributed by atoms with E-state index < -0.39 is 5.97 Å². The number of aromatic carboxylic acids is 1. The molecule has 0 aliphatic heterocycles. The molecule has 0 fully saturated rings. The average Bonchev–Trinajstić information content (AvgIpc) is 2.80. The van der Waals surface area contributed by atoms with E-state index in [9.17, 15) is 9.90 Å². The standard InChI is InChI=1S/C17H18N2O2/c1-3-4-9-19-15-8-6-5-7-12(15)13-10-14(17(20)21)18-11(2)16(13)19/h5-8,10H,3-4,9H2,1-2H3,(H,20,21). The second kappa shape index (κ2) is 5.20. The van der Waals surface area contributed by atoms with Crippen LogP contribution in [0.3, 0.4) is 0 Å². The van der Waals surface area contributed by atoms with Crippen molar-refractivity contribution in [3.63, 3.8) is 0 Å². The van der Waals surface area contributed by atoms with E-state index in [1.165, 1.54) is 0 Å². The smallest absolute Gasteiger partial charge is 0.354 e. The Kier molecular flexibility index (Phi) is 3.37. The van der Waals surface area contributed by atoms with Gasteiger partial charge in [0.25, 0.3) is 0 Å². The molecule has 4 heteroatoms. The quantitative estimate of drug-likeness (QED) is 0.787. The number of aromatic nitrogens is 2. The molecule has 0 aliphatic rings. The minimum absolute atomic E-state index is 0.110. The van der Waals surface area contributed by atoms with Gasteiger partial charge < -0.3 is 9.67 Å². The molecule has 3 rings (SSSR count). The molecule has 0 atom stereocenters. The number of aryl methyl sites for hydroxylation is 2. The Morgan fingerprint density at radius 1 is 1.29 bits per heavy atom. The van der Waals surface area contributed by atoms with Gasteiger partial charge in [0, 0.05) is 22.8 Å². The maximum Gasteiger partial charge on any atom is 0.354 e. The molecule has 3 aromatic rings. The third kappa shape index (κ3) is 2.17. The van der Waals surface area contributed by atoms with E-state index in [0.717, 1.165) is 46.9 Å². The summed E-state index contributed by atoms with van der Waals surface area (Å²) in [5.41, 5.74) is 3.08. The molecule has 21 heavy (non-hydrogen) atoms. The van der Waals surface area contributed by atoms with Crippen molar-refractivity contribution in [2.24, 2.45) is 0 Å². The molecule has 0 radical (unpaired) electrons. The van der Waals surface area contributed by atoms with E-state index in [1.54, 1.807) is 6.07 Å². The van der Waals surface area contributed by atoms with Crippen molar-refractivity contribution in [2.75, 3.05) is 0 Å². The summed E-state index contributed by atoms with van der Waals surface area (Å²) in [6, 6.07) is 9.83. The molecular weight excluding hydrogens is 264 g/mol. The number of rotatable bonds is 4. The highest BCUT2D eigenvalue weighted by Gasteiger charge is 2.16. The first-order valence-corrected chi connectivity index (χ1v) is 7.25. The van der Waals surface area contributed by atoms with Gasteiger partial charge in [0.05, 0.1) is 11.2 Å². The van der Waals surface area contributed by atoms with Gasteiger partial charge in [0.2, 0.25) is 0 Å². The number of carboxylic acid groups (broad SMARTS) is 1. The topological polar surface area (TPSA) is 55.1 Å². The Morgan fingerprint density at radius 2 is 2.05 bits per heavy atom. The van der Waals surface area contributed by atoms with Gasteiger partial charge in [-0.2, -0.15) is 0 Å². The molecule has 0 bridgehead atoms. The lowest BCUT2D eigenvalue weighted by Gasteiger charge is -2.08. The van der Waals surface area contributed by atoms with E-state index in [1.807, 2.05) is 25.1 Å². The van der Waals surface area contributed by atoms with Crippen molar-refractivity contribution >= 4 is 27.8 Å². The van der Waals surface area contributed by atoms with Gasteiger partial charge in [0.1, 0.15) is 5.69 Å². The second-order valence-corrected chi connectivity index (χ2v) is 5.32. The number of unbranched alkanes of at least 4 members (excludes halogenated alkanes) is 1. The van der Waals surface area contributed by atoms with Gasteiger partial charge in [-0.25, -0.2) is 9.78 Å². The largest absolute Gasteiger partial charge is 0.477 e. The maximum atomic E-state index is 11.2. The van der Waals surface area contributed by atoms with Crippen molar-refractivity contribution in [3.05, 3.63) is 41.7 Å². The zero-order valence-electron chi connectivity index (χ0n) is 12.3. The Morgan fingerprint density at radius 3 is 2.76 bits per heavy atom. The molecule has 0 spiro atoms. The van der Waals surface area contributed by atoms with Gasteiger partial charge in [-0.05, 0) is 25.5 Å². The number of benzene rings is 1. The van der Waals surface area contributed by atoms with E-state index in [0.29, 0.717) is 0 Å². The molecule has 0 saturated carbocycles. The number of fused-ring (bicyclic) bond motifs is 3. The highest BCUT2D eigenvalue weighted by Crippen LogP contribution is 2.31. The van der Waals surface area contributed by atoms with E-state index >= 15 is 0 Å².